The highest BCUT2D eigenvalue weighted by atomic mass is 35.5. The number of fused-ring (bicyclic) bond motifs is 1. The van der Waals surface area contributed by atoms with Crippen LogP contribution in [0.25, 0.3) is 0 Å². The molecule has 0 saturated heterocycles. The maximum absolute atomic E-state index is 12.8. The van der Waals surface area contributed by atoms with Gasteiger partial charge in [0.1, 0.15) is 5.82 Å². The fraction of sp³-hybridized carbons (Fsp3) is 0.455. The number of hydrogen-bond donors (Lipinski definition) is 0. The van der Waals surface area contributed by atoms with Crippen molar-refractivity contribution in [3.05, 3.63) is 35.1 Å². The van der Waals surface area contributed by atoms with E-state index in [2.05, 4.69) is 0 Å². The Hall–Kier alpha value is -0.560. The van der Waals surface area contributed by atoms with Crippen molar-refractivity contribution in [2.45, 2.75) is 19.3 Å². The number of halogens is 2. The summed E-state index contributed by atoms with van der Waals surface area (Å²) in [4.78, 5) is 0. The van der Waals surface area contributed by atoms with E-state index in [1.54, 1.807) is 12.1 Å². The van der Waals surface area contributed by atoms with Crippen LogP contribution in [0.2, 0.25) is 0 Å². The van der Waals surface area contributed by atoms with Crippen molar-refractivity contribution in [1.82, 2.24) is 0 Å². The lowest BCUT2D eigenvalue weighted by atomic mass is 10.0. The minimum Gasteiger partial charge on any atom is -0.207 e. The average molecular weight is 199 g/mol. The summed E-state index contributed by atoms with van der Waals surface area (Å²) in [5, 5.41) is 0. The van der Waals surface area contributed by atoms with Crippen molar-refractivity contribution in [2.75, 3.05) is 5.88 Å². The smallest absolute Gasteiger partial charge is 0.123 e. The van der Waals surface area contributed by atoms with Gasteiger partial charge in [-0.2, -0.15) is 0 Å². The molecule has 2 rings (SSSR count). The summed E-state index contributed by atoms with van der Waals surface area (Å²) in [5.41, 5.74) is 2.48. The first-order valence-corrected chi connectivity index (χ1v) is 5.16. The standard InChI is InChI=1S/C11H12ClF/c12-4-3-8-5-9-1-2-11(13)7-10(9)6-8/h1-2,7-8H,3-6H2. The minimum absolute atomic E-state index is 0.120. The third kappa shape index (κ3) is 1.86. The van der Waals surface area contributed by atoms with E-state index < -0.39 is 0 Å². The Morgan fingerprint density at radius 1 is 1.31 bits per heavy atom. The second-order valence-corrected chi connectivity index (χ2v) is 4.04. The van der Waals surface area contributed by atoms with E-state index in [-0.39, 0.29) is 5.82 Å². The van der Waals surface area contributed by atoms with Gasteiger partial charge in [0.25, 0.3) is 0 Å². The molecule has 0 heterocycles. The van der Waals surface area contributed by atoms with Gasteiger partial charge < -0.3 is 0 Å². The average Bonchev–Trinajstić information content (AvgIpc) is 2.46. The molecule has 2 heteroatoms. The van der Waals surface area contributed by atoms with E-state index in [1.807, 2.05) is 6.07 Å². The van der Waals surface area contributed by atoms with Crippen molar-refractivity contribution in [3.8, 4) is 0 Å². The largest absolute Gasteiger partial charge is 0.207 e. The third-order valence-corrected chi connectivity index (χ3v) is 2.92. The van der Waals surface area contributed by atoms with E-state index in [0.717, 1.165) is 19.3 Å². The Morgan fingerprint density at radius 2 is 2.08 bits per heavy atom. The number of alkyl halides is 1. The lowest BCUT2D eigenvalue weighted by Crippen LogP contribution is -1.99. The van der Waals surface area contributed by atoms with E-state index in [9.17, 15) is 4.39 Å². The minimum atomic E-state index is -0.120. The highest BCUT2D eigenvalue weighted by Crippen LogP contribution is 2.29. The maximum Gasteiger partial charge on any atom is 0.123 e. The summed E-state index contributed by atoms with van der Waals surface area (Å²) >= 11 is 5.68. The highest BCUT2D eigenvalue weighted by molar-refractivity contribution is 6.17. The van der Waals surface area contributed by atoms with Crippen LogP contribution in [0.4, 0.5) is 4.39 Å². The highest BCUT2D eigenvalue weighted by Gasteiger charge is 2.20. The molecule has 0 spiro atoms. The van der Waals surface area contributed by atoms with Gasteiger partial charge in [-0.3, -0.25) is 0 Å². The zero-order valence-corrected chi connectivity index (χ0v) is 8.15. The molecule has 1 aromatic carbocycles. The van der Waals surface area contributed by atoms with Crippen molar-refractivity contribution < 1.29 is 4.39 Å². The van der Waals surface area contributed by atoms with Crippen molar-refractivity contribution >= 4 is 11.6 Å². The normalized spacial score (nSPS) is 20.3. The van der Waals surface area contributed by atoms with Gasteiger partial charge in [0.2, 0.25) is 0 Å². The second-order valence-electron chi connectivity index (χ2n) is 3.66. The van der Waals surface area contributed by atoms with E-state index >= 15 is 0 Å². The van der Waals surface area contributed by atoms with Crippen LogP contribution >= 0.6 is 11.6 Å². The van der Waals surface area contributed by atoms with Crippen molar-refractivity contribution in [3.63, 3.8) is 0 Å². The molecule has 0 fully saturated rings. The molecule has 0 nitrogen and oxygen atoms in total. The maximum atomic E-state index is 12.8. The van der Waals surface area contributed by atoms with Crippen LogP contribution in [0.3, 0.4) is 0 Å². The molecule has 1 aromatic rings. The molecule has 0 aliphatic heterocycles. The summed E-state index contributed by atoms with van der Waals surface area (Å²) in [6.07, 6.45) is 3.11. The first-order valence-electron chi connectivity index (χ1n) is 4.63. The van der Waals surface area contributed by atoms with Crippen LogP contribution in [-0.4, -0.2) is 5.88 Å². The van der Waals surface area contributed by atoms with Gasteiger partial charge in [-0.15, -0.1) is 11.6 Å². The molecule has 0 N–H and O–H groups in total. The molecule has 0 aromatic heterocycles. The van der Waals surface area contributed by atoms with Crippen LogP contribution in [0.15, 0.2) is 18.2 Å². The zero-order valence-electron chi connectivity index (χ0n) is 7.39. The molecule has 70 valence electrons. The molecule has 1 atom stereocenters. The molecular weight excluding hydrogens is 187 g/mol. The second kappa shape index (κ2) is 3.67. The quantitative estimate of drug-likeness (QED) is 0.641. The SMILES string of the molecule is Fc1ccc2c(c1)CC(CCCl)C2. The zero-order chi connectivity index (χ0) is 9.26. The van der Waals surface area contributed by atoms with Gasteiger partial charge in [0, 0.05) is 5.88 Å². The molecule has 0 amide bonds. The van der Waals surface area contributed by atoms with Gasteiger partial charge in [-0.1, -0.05) is 6.07 Å². The van der Waals surface area contributed by atoms with Gasteiger partial charge in [-0.25, -0.2) is 4.39 Å². The Kier molecular flexibility index (Phi) is 2.54. The van der Waals surface area contributed by atoms with Crippen molar-refractivity contribution in [1.29, 1.82) is 0 Å². The lowest BCUT2D eigenvalue weighted by Gasteiger charge is -2.03. The predicted octanol–water partition coefficient (Wildman–Crippen LogP) is 3.17. The van der Waals surface area contributed by atoms with Gasteiger partial charge in [0.15, 0.2) is 0 Å². The van der Waals surface area contributed by atoms with E-state index in [1.165, 1.54) is 11.1 Å². The monoisotopic (exact) mass is 198 g/mol. The Balaban J connectivity index is 2.16. The van der Waals surface area contributed by atoms with Gasteiger partial charge >= 0.3 is 0 Å². The van der Waals surface area contributed by atoms with Crippen LogP contribution in [-0.2, 0) is 12.8 Å². The van der Waals surface area contributed by atoms with Gasteiger partial charge in [-0.05, 0) is 48.4 Å². The fourth-order valence-corrected chi connectivity index (χ4v) is 2.34. The van der Waals surface area contributed by atoms with E-state index in [4.69, 9.17) is 11.6 Å². The summed E-state index contributed by atoms with van der Waals surface area (Å²) in [6, 6.07) is 5.10. The Labute approximate surface area is 82.7 Å². The van der Waals surface area contributed by atoms with Crippen LogP contribution in [0, 0.1) is 11.7 Å². The molecule has 13 heavy (non-hydrogen) atoms. The number of benzene rings is 1. The Morgan fingerprint density at radius 3 is 2.85 bits per heavy atom. The van der Waals surface area contributed by atoms with Crippen LogP contribution in [0.5, 0.6) is 0 Å². The molecular formula is C11H12ClF. The lowest BCUT2D eigenvalue weighted by molar-refractivity contribution is 0.545. The summed E-state index contributed by atoms with van der Waals surface area (Å²) in [7, 11) is 0. The first kappa shape index (κ1) is 9.01. The van der Waals surface area contributed by atoms with E-state index in [0.29, 0.717) is 11.8 Å². The molecule has 0 radical (unpaired) electrons. The van der Waals surface area contributed by atoms with Crippen LogP contribution < -0.4 is 0 Å². The van der Waals surface area contributed by atoms with Crippen LogP contribution in [0.1, 0.15) is 17.5 Å². The molecule has 0 saturated carbocycles. The number of rotatable bonds is 2. The number of hydrogen-bond acceptors (Lipinski definition) is 0. The molecule has 1 unspecified atom stereocenters. The van der Waals surface area contributed by atoms with Gasteiger partial charge in [0.05, 0.1) is 0 Å². The summed E-state index contributed by atoms with van der Waals surface area (Å²) < 4.78 is 12.8. The summed E-state index contributed by atoms with van der Waals surface area (Å²) in [6.45, 7) is 0. The third-order valence-electron chi connectivity index (χ3n) is 2.70. The fourth-order valence-electron chi connectivity index (χ4n) is 2.04. The molecule has 1 aliphatic rings. The molecule has 0 bridgehead atoms. The Bertz CT molecular complexity index is 309. The predicted molar refractivity (Wildman–Crippen MR) is 52.6 cm³/mol. The topological polar surface area (TPSA) is 0 Å². The van der Waals surface area contributed by atoms with Crippen molar-refractivity contribution in [2.24, 2.45) is 5.92 Å². The molecule has 1 aliphatic carbocycles. The summed E-state index contributed by atoms with van der Waals surface area (Å²) in [5.74, 6) is 1.22. The first-order chi connectivity index (χ1) is 6.29.